The van der Waals surface area contributed by atoms with Crippen LogP contribution in [0.1, 0.15) is 32.2 Å². The maximum atomic E-state index is 11.4. The number of nitro benzene ring substituents is 1. The second kappa shape index (κ2) is 6.74. The quantitative estimate of drug-likeness (QED) is 0.613. The van der Waals surface area contributed by atoms with E-state index in [2.05, 4.69) is 15.5 Å². The number of rotatable bonds is 7. The van der Waals surface area contributed by atoms with E-state index in [0.29, 0.717) is 12.0 Å². The minimum Gasteiger partial charge on any atom is -0.480 e. The van der Waals surface area contributed by atoms with Crippen molar-refractivity contribution in [3.05, 3.63) is 34.4 Å². The van der Waals surface area contributed by atoms with Gasteiger partial charge in [0.25, 0.3) is 5.69 Å². The first kappa shape index (κ1) is 15.5. The summed E-state index contributed by atoms with van der Waals surface area (Å²) in [5.41, 5.74) is 0.474. The zero-order valence-corrected chi connectivity index (χ0v) is 11.9. The fraction of sp³-hybridized carbons (Fsp3) is 0.385. The summed E-state index contributed by atoms with van der Waals surface area (Å²) < 4.78 is 1.25. The number of aromatic nitrogens is 4. The number of benzene rings is 1. The summed E-state index contributed by atoms with van der Waals surface area (Å²) in [6.45, 7) is 1.97. The molecular formula is C13H15N5O4. The molecule has 0 amide bonds. The van der Waals surface area contributed by atoms with Crippen molar-refractivity contribution >= 4 is 11.7 Å². The highest BCUT2D eigenvalue weighted by Gasteiger charge is 2.24. The molecule has 9 nitrogen and oxygen atoms in total. The molecule has 116 valence electrons. The summed E-state index contributed by atoms with van der Waals surface area (Å²) in [4.78, 5) is 21.6. The zero-order chi connectivity index (χ0) is 16.1. The van der Waals surface area contributed by atoms with Gasteiger partial charge in [-0.1, -0.05) is 19.8 Å². The first-order valence-corrected chi connectivity index (χ1v) is 6.80. The Hall–Kier alpha value is -2.84. The number of nitro groups is 1. The third-order valence-corrected chi connectivity index (χ3v) is 3.24. The molecule has 9 heteroatoms. The van der Waals surface area contributed by atoms with Crippen molar-refractivity contribution in [1.29, 1.82) is 0 Å². The number of tetrazole rings is 1. The van der Waals surface area contributed by atoms with Crippen LogP contribution in [0, 0.1) is 10.1 Å². The minimum absolute atomic E-state index is 0.0523. The molecule has 1 aromatic heterocycles. The summed E-state index contributed by atoms with van der Waals surface area (Å²) >= 11 is 0. The van der Waals surface area contributed by atoms with Gasteiger partial charge in [-0.25, -0.2) is 9.48 Å². The number of aliphatic carboxylic acids is 1. The van der Waals surface area contributed by atoms with Gasteiger partial charge in [-0.15, -0.1) is 5.10 Å². The second-order valence-electron chi connectivity index (χ2n) is 4.75. The first-order valence-electron chi connectivity index (χ1n) is 6.80. The number of hydrogen-bond acceptors (Lipinski definition) is 6. The molecule has 0 aliphatic carbocycles. The normalized spacial score (nSPS) is 12.0. The highest BCUT2D eigenvalue weighted by molar-refractivity contribution is 5.72. The summed E-state index contributed by atoms with van der Waals surface area (Å²) in [5.74, 6) is -0.734. The summed E-state index contributed by atoms with van der Waals surface area (Å²) in [7, 11) is 0. The Kier molecular flexibility index (Phi) is 4.77. The van der Waals surface area contributed by atoms with Crippen molar-refractivity contribution in [1.82, 2.24) is 20.2 Å². The molecule has 1 N–H and O–H groups in total. The Balaban J connectivity index is 2.35. The van der Waals surface area contributed by atoms with E-state index in [9.17, 15) is 20.0 Å². The van der Waals surface area contributed by atoms with Gasteiger partial charge in [0.05, 0.1) is 4.92 Å². The number of carboxylic acid groups (broad SMARTS) is 1. The Bertz CT molecular complexity index is 667. The molecule has 0 spiro atoms. The molecule has 2 rings (SSSR count). The van der Waals surface area contributed by atoms with Crippen molar-refractivity contribution in [2.75, 3.05) is 0 Å². The van der Waals surface area contributed by atoms with Gasteiger partial charge < -0.3 is 5.11 Å². The van der Waals surface area contributed by atoms with Crippen molar-refractivity contribution in [2.45, 2.75) is 32.2 Å². The van der Waals surface area contributed by atoms with Crippen molar-refractivity contribution < 1.29 is 14.8 Å². The van der Waals surface area contributed by atoms with E-state index in [1.165, 1.54) is 28.9 Å². The molecular weight excluding hydrogens is 290 g/mol. The maximum Gasteiger partial charge on any atom is 0.328 e. The Morgan fingerprint density at radius 2 is 2.09 bits per heavy atom. The summed E-state index contributed by atoms with van der Waals surface area (Å²) in [6.07, 6.45) is 2.01. The van der Waals surface area contributed by atoms with Crippen LogP contribution in [0.15, 0.2) is 24.3 Å². The molecule has 1 unspecified atom stereocenters. The lowest BCUT2D eigenvalue weighted by molar-refractivity contribution is -0.384. The molecule has 0 saturated heterocycles. The highest BCUT2D eigenvalue weighted by Crippen LogP contribution is 2.24. The van der Waals surface area contributed by atoms with E-state index in [1.807, 2.05) is 6.92 Å². The van der Waals surface area contributed by atoms with E-state index >= 15 is 0 Å². The fourth-order valence-electron chi connectivity index (χ4n) is 2.07. The van der Waals surface area contributed by atoms with E-state index in [4.69, 9.17) is 0 Å². The minimum atomic E-state index is -1.01. The first-order chi connectivity index (χ1) is 10.5. The van der Waals surface area contributed by atoms with Gasteiger partial charge in [0, 0.05) is 17.7 Å². The van der Waals surface area contributed by atoms with Crippen LogP contribution in [-0.4, -0.2) is 36.2 Å². The molecule has 0 radical (unpaired) electrons. The number of hydrogen-bond donors (Lipinski definition) is 1. The standard InChI is InChI=1S/C13H15N5O4/c1-2-3-4-11(13(19)20)17-12(14-15-16-17)9-5-7-10(8-6-9)18(21)22/h5-8,11H,2-4H2,1H3,(H,19,20). The molecule has 2 aromatic rings. The molecule has 1 heterocycles. The average molecular weight is 305 g/mol. The predicted octanol–water partition coefficient (Wildman–Crippen LogP) is 2.06. The molecule has 0 fully saturated rings. The lowest BCUT2D eigenvalue weighted by Crippen LogP contribution is -2.21. The number of carboxylic acids is 1. The summed E-state index contributed by atoms with van der Waals surface area (Å²) in [6, 6.07) is 4.80. The van der Waals surface area contributed by atoms with Crippen LogP contribution in [0.25, 0.3) is 11.4 Å². The van der Waals surface area contributed by atoms with Crippen molar-refractivity contribution in [2.24, 2.45) is 0 Å². The van der Waals surface area contributed by atoms with Crippen LogP contribution in [-0.2, 0) is 4.79 Å². The van der Waals surface area contributed by atoms with Gasteiger partial charge in [0.2, 0.25) is 0 Å². The molecule has 0 aliphatic heterocycles. The van der Waals surface area contributed by atoms with Crippen LogP contribution < -0.4 is 0 Å². The number of unbranched alkanes of at least 4 members (excludes halogenated alkanes) is 1. The molecule has 1 aromatic carbocycles. The smallest absolute Gasteiger partial charge is 0.328 e. The van der Waals surface area contributed by atoms with Gasteiger partial charge in [-0.3, -0.25) is 10.1 Å². The SMILES string of the molecule is CCCCC(C(=O)O)n1nnnc1-c1ccc([N+](=O)[O-])cc1. The van der Waals surface area contributed by atoms with Gasteiger partial charge in [0.1, 0.15) is 0 Å². The predicted molar refractivity (Wildman–Crippen MR) is 76.1 cm³/mol. The summed E-state index contributed by atoms with van der Waals surface area (Å²) in [5, 5.41) is 31.2. The van der Waals surface area contributed by atoms with Gasteiger partial charge in [-0.2, -0.15) is 0 Å². The molecule has 22 heavy (non-hydrogen) atoms. The fourth-order valence-corrected chi connectivity index (χ4v) is 2.07. The molecule has 0 saturated carbocycles. The van der Waals surface area contributed by atoms with Crippen LogP contribution >= 0.6 is 0 Å². The Morgan fingerprint density at radius 1 is 1.41 bits per heavy atom. The van der Waals surface area contributed by atoms with Crippen molar-refractivity contribution in [3.63, 3.8) is 0 Å². The van der Waals surface area contributed by atoms with E-state index < -0.39 is 16.9 Å². The second-order valence-corrected chi connectivity index (χ2v) is 4.75. The Labute approximate surface area is 125 Å². The Morgan fingerprint density at radius 3 is 2.64 bits per heavy atom. The third kappa shape index (κ3) is 3.25. The average Bonchev–Trinajstić information content (AvgIpc) is 2.96. The monoisotopic (exact) mass is 305 g/mol. The highest BCUT2D eigenvalue weighted by atomic mass is 16.6. The number of non-ortho nitro benzene ring substituents is 1. The zero-order valence-electron chi connectivity index (χ0n) is 11.9. The van der Waals surface area contributed by atoms with Gasteiger partial charge in [0.15, 0.2) is 11.9 Å². The largest absolute Gasteiger partial charge is 0.480 e. The van der Waals surface area contributed by atoms with Crippen LogP contribution in [0.3, 0.4) is 0 Å². The van der Waals surface area contributed by atoms with E-state index in [-0.39, 0.29) is 11.5 Å². The van der Waals surface area contributed by atoms with E-state index in [0.717, 1.165) is 12.8 Å². The van der Waals surface area contributed by atoms with E-state index in [1.54, 1.807) is 0 Å². The number of carbonyl (C=O) groups is 1. The lowest BCUT2D eigenvalue weighted by Gasteiger charge is -2.13. The topological polar surface area (TPSA) is 124 Å². The molecule has 0 bridgehead atoms. The van der Waals surface area contributed by atoms with Crippen LogP contribution in [0.2, 0.25) is 0 Å². The lowest BCUT2D eigenvalue weighted by atomic mass is 10.1. The number of nitrogens with zero attached hydrogens (tertiary/aromatic N) is 5. The van der Waals surface area contributed by atoms with Gasteiger partial charge >= 0.3 is 5.97 Å². The maximum absolute atomic E-state index is 11.4. The van der Waals surface area contributed by atoms with Crippen LogP contribution in [0.4, 0.5) is 5.69 Å². The van der Waals surface area contributed by atoms with Crippen molar-refractivity contribution in [3.8, 4) is 11.4 Å². The third-order valence-electron chi connectivity index (χ3n) is 3.24. The molecule has 0 aliphatic rings. The van der Waals surface area contributed by atoms with Crippen LogP contribution in [0.5, 0.6) is 0 Å². The molecule has 1 atom stereocenters. The van der Waals surface area contributed by atoms with Gasteiger partial charge in [-0.05, 0) is 29.0 Å².